The van der Waals surface area contributed by atoms with Crippen LogP contribution in [0.25, 0.3) is 5.65 Å². The number of pyridine rings is 1. The summed E-state index contributed by atoms with van der Waals surface area (Å²) in [6.45, 7) is 0.563. The molecule has 0 aliphatic carbocycles. The number of carbonyl (C=O) groups is 1. The predicted molar refractivity (Wildman–Crippen MR) is 71.9 cm³/mol. The van der Waals surface area contributed by atoms with Crippen LogP contribution in [0, 0.1) is 3.70 Å². The Morgan fingerprint density at radius 1 is 1.53 bits per heavy atom. The molecule has 0 aliphatic rings. The Kier molecular flexibility index (Phi) is 3.95. The van der Waals surface area contributed by atoms with Gasteiger partial charge in [0.15, 0.2) is 0 Å². The molecule has 0 saturated heterocycles. The first-order chi connectivity index (χ1) is 8.22. The summed E-state index contributed by atoms with van der Waals surface area (Å²) in [5.41, 5.74) is 1.41. The maximum Gasteiger partial charge on any atom is 0.252 e. The molecule has 0 unspecified atom stereocenters. The molecule has 0 atom stereocenters. The standard InChI is InChI=1S/C11H12IN3O2/c12-9-6-14-10-3-2-8(7-15(9)10)11(17)13-4-1-5-16/h2-3,6-7,16H,1,4-5H2,(H,13,17). The molecule has 0 radical (unpaired) electrons. The minimum Gasteiger partial charge on any atom is -0.396 e. The molecule has 2 aromatic rings. The van der Waals surface area contributed by atoms with Crippen molar-refractivity contribution in [1.29, 1.82) is 0 Å². The third kappa shape index (κ3) is 2.75. The number of fused-ring (bicyclic) bond motifs is 1. The van der Waals surface area contributed by atoms with Gasteiger partial charge >= 0.3 is 0 Å². The molecule has 0 aliphatic heterocycles. The normalized spacial score (nSPS) is 10.7. The van der Waals surface area contributed by atoms with Crippen LogP contribution < -0.4 is 5.32 Å². The summed E-state index contributed by atoms with van der Waals surface area (Å²) in [5.74, 6) is -0.134. The summed E-state index contributed by atoms with van der Waals surface area (Å²) >= 11 is 2.16. The maximum atomic E-state index is 11.8. The molecule has 17 heavy (non-hydrogen) atoms. The summed E-state index contributed by atoms with van der Waals surface area (Å²) in [4.78, 5) is 16.0. The van der Waals surface area contributed by atoms with Crippen molar-refractivity contribution in [3.63, 3.8) is 0 Å². The molecule has 0 fully saturated rings. The van der Waals surface area contributed by atoms with Crippen molar-refractivity contribution in [2.75, 3.05) is 13.2 Å². The third-order valence-corrected chi connectivity index (χ3v) is 3.14. The lowest BCUT2D eigenvalue weighted by molar-refractivity contribution is 0.0950. The van der Waals surface area contributed by atoms with E-state index in [1.54, 1.807) is 18.5 Å². The minimum atomic E-state index is -0.134. The summed E-state index contributed by atoms with van der Waals surface area (Å²) in [6.07, 6.45) is 4.08. The van der Waals surface area contributed by atoms with Crippen LogP contribution >= 0.6 is 22.6 Å². The van der Waals surface area contributed by atoms with Crippen LogP contribution in [0.4, 0.5) is 0 Å². The minimum absolute atomic E-state index is 0.0821. The summed E-state index contributed by atoms with van der Waals surface area (Å²) in [7, 11) is 0. The van der Waals surface area contributed by atoms with E-state index in [0.29, 0.717) is 18.5 Å². The van der Waals surface area contributed by atoms with Gasteiger partial charge in [0.2, 0.25) is 0 Å². The highest BCUT2D eigenvalue weighted by Crippen LogP contribution is 2.10. The number of hydrogen-bond acceptors (Lipinski definition) is 3. The number of aromatic nitrogens is 2. The molecule has 90 valence electrons. The Morgan fingerprint density at radius 2 is 2.35 bits per heavy atom. The van der Waals surface area contributed by atoms with Crippen molar-refractivity contribution in [2.45, 2.75) is 6.42 Å². The Morgan fingerprint density at radius 3 is 3.12 bits per heavy atom. The lowest BCUT2D eigenvalue weighted by Crippen LogP contribution is -2.25. The van der Waals surface area contributed by atoms with Gasteiger partial charge in [0.25, 0.3) is 5.91 Å². The molecular weight excluding hydrogens is 333 g/mol. The van der Waals surface area contributed by atoms with E-state index >= 15 is 0 Å². The van der Waals surface area contributed by atoms with E-state index in [1.165, 1.54) is 0 Å². The lowest BCUT2D eigenvalue weighted by Gasteiger charge is -2.04. The van der Waals surface area contributed by atoms with Gasteiger partial charge < -0.3 is 10.4 Å². The van der Waals surface area contributed by atoms with Crippen LogP contribution in [0.1, 0.15) is 16.8 Å². The molecule has 2 N–H and O–H groups in total. The molecule has 1 amide bonds. The van der Waals surface area contributed by atoms with Gasteiger partial charge in [0.05, 0.1) is 11.8 Å². The highest BCUT2D eigenvalue weighted by Gasteiger charge is 2.07. The summed E-state index contributed by atoms with van der Waals surface area (Å²) < 4.78 is 2.82. The van der Waals surface area contributed by atoms with Crippen LogP contribution in [0.3, 0.4) is 0 Å². The highest BCUT2D eigenvalue weighted by atomic mass is 127. The van der Waals surface area contributed by atoms with Gasteiger partial charge in [-0.2, -0.15) is 0 Å². The third-order valence-electron chi connectivity index (χ3n) is 2.34. The van der Waals surface area contributed by atoms with E-state index in [4.69, 9.17) is 5.11 Å². The van der Waals surface area contributed by atoms with E-state index in [1.807, 2.05) is 10.5 Å². The van der Waals surface area contributed by atoms with Crippen LogP contribution in [0.15, 0.2) is 24.5 Å². The number of nitrogens with zero attached hydrogens (tertiary/aromatic N) is 2. The fourth-order valence-electron chi connectivity index (χ4n) is 1.47. The average molecular weight is 345 g/mol. The van der Waals surface area contributed by atoms with E-state index in [9.17, 15) is 4.79 Å². The Balaban J connectivity index is 2.17. The number of aliphatic hydroxyl groups excluding tert-OH is 1. The van der Waals surface area contributed by atoms with Gasteiger partial charge in [-0.05, 0) is 41.1 Å². The van der Waals surface area contributed by atoms with E-state index in [2.05, 4.69) is 32.9 Å². The second-order valence-corrected chi connectivity index (χ2v) is 4.67. The molecule has 0 saturated carbocycles. The molecule has 2 heterocycles. The van der Waals surface area contributed by atoms with Gasteiger partial charge in [-0.15, -0.1) is 0 Å². The Bertz CT molecular complexity index is 538. The van der Waals surface area contributed by atoms with Gasteiger partial charge in [-0.3, -0.25) is 9.20 Å². The Labute approximate surface area is 112 Å². The molecule has 0 aromatic carbocycles. The molecule has 2 rings (SSSR count). The predicted octanol–water partition coefficient (Wildman–Crippen LogP) is 1.05. The number of halogens is 1. The SMILES string of the molecule is O=C(NCCCO)c1ccc2ncc(I)n2c1. The van der Waals surface area contributed by atoms with Crippen molar-refractivity contribution < 1.29 is 9.90 Å². The monoisotopic (exact) mass is 345 g/mol. The summed E-state index contributed by atoms with van der Waals surface area (Å²) in [5, 5.41) is 11.4. The molecule has 2 aromatic heterocycles. The van der Waals surface area contributed by atoms with Gasteiger partial charge in [0.1, 0.15) is 9.35 Å². The van der Waals surface area contributed by atoms with E-state index in [0.717, 1.165) is 9.35 Å². The van der Waals surface area contributed by atoms with Crippen LogP contribution in [0.2, 0.25) is 0 Å². The number of hydrogen-bond donors (Lipinski definition) is 2. The zero-order valence-electron chi connectivity index (χ0n) is 9.06. The highest BCUT2D eigenvalue weighted by molar-refractivity contribution is 14.1. The number of amides is 1. The van der Waals surface area contributed by atoms with Crippen molar-refractivity contribution in [1.82, 2.24) is 14.7 Å². The zero-order chi connectivity index (χ0) is 12.3. The smallest absolute Gasteiger partial charge is 0.252 e. The molecular formula is C11H12IN3O2. The fourth-order valence-corrected chi connectivity index (χ4v) is 1.99. The topological polar surface area (TPSA) is 66.6 Å². The average Bonchev–Trinajstić information content (AvgIpc) is 2.71. The van der Waals surface area contributed by atoms with Crippen LogP contribution in [-0.4, -0.2) is 33.6 Å². The number of rotatable bonds is 4. The van der Waals surface area contributed by atoms with Crippen molar-refractivity contribution in [3.05, 3.63) is 33.8 Å². The van der Waals surface area contributed by atoms with Gasteiger partial charge in [-0.25, -0.2) is 4.98 Å². The number of imidazole rings is 1. The van der Waals surface area contributed by atoms with Crippen molar-refractivity contribution >= 4 is 34.1 Å². The second-order valence-electron chi connectivity index (χ2n) is 3.56. The lowest BCUT2D eigenvalue weighted by atomic mass is 10.2. The van der Waals surface area contributed by atoms with Crippen molar-refractivity contribution in [2.24, 2.45) is 0 Å². The summed E-state index contributed by atoms with van der Waals surface area (Å²) in [6, 6.07) is 3.55. The molecule has 5 nitrogen and oxygen atoms in total. The molecule has 0 bridgehead atoms. The van der Waals surface area contributed by atoms with Crippen molar-refractivity contribution in [3.8, 4) is 0 Å². The van der Waals surface area contributed by atoms with E-state index < -0.39 is 0 Å². The largest absolute Gasteiger partial charge is 0.396 e. The number of nitrogens with one attached hydrogen (secondary N) is 1. The Hall–Kier alpha value is -1.15. The first-order valence-electron chi connectivity index (χ1n) is 5.24. The quantitative estimate of drug-likeness (QED) is 0.643. The first kappa shape index (κ1) is 12.3. The maximum absolute atomic E-state index is 11.8. The fraction of sp³-hybridized carbons (Fsp3) is 0.273. The van der Waals surface area contributed by atoms with E-state index in [-0.39, 0.29) is 12.5 Å². The number of carbonyl (C=O) groups excluding carboxylic acids is 1. The van der Waals surface area contributed by atoms with Gasteiger partial charge in [0, 0.05) is 19.3 Å². The zero-order valence-corrected chi connectivity index (χ0v) is 11.2. The van der Waals surface area contributed by atoms with Gasteiger partial charge in [-0.1, -0.05) is 0 Å². The van der Waals surface area contributed by atoms with Crippen LogP contribution in [-0.2, 0) is 0 Å². The number of aliphatic hydroxyl groups is 1. The molecule has 0 spiro atoms. The van der Waals surface area contributed by atoms with Crippen LogP contribution in [0.5, 0.6) is 0 Å². The first-order valence-corrected chi connectivity index (χ1v) is 6.32. The second kappa shape index (κ2) is 5.46. The molecule has 6 heteroatoms.